The van der Waals surface area contributed by atoms with Crippen molar-refractivity contribution in [2.75, 3.05) is 0 Å². The second-order valence-electron chi connectivity index (χ2n) is 6.11. The average Bonchev–Trinajstić information content (AvgIpc) is 2.75. The first-order chi connectivity index (χ1) is 13.2. The van der Waals surface area contributed by atoms with Crippen LogP contribution < -0.4 is 0 Å². The van der Waals surface area contributed by atoms with Gasteiger partial charge in [-0.3, -0.25) is 10.1 Å². The minimum atomic E-state index is -0.394. The molecule has 0 fully saturated rings. The molecule has 130 valence electrons. The Bertz CT molecular complexity index is 1020. The van der Waals surface area contributed by atoms with Crippen molar-refractivity contribution in [2.45, 2.75) is 0 Å². The fourth-order valence-corrected chi connectivity index (χ4v) is 2.93. The molecular weight excluding hydrogens is 338 g/mol. The van der Waals surface area contributed by atoms with E-state index in [1.165, 1.54) is 12.1 Å². The standard InChI is InChI=1S/C23H16NO3/c25-24(26)21-13-11-17(12-14-21)20-15-22(18-7-3-1-4-8-18)27-23(16-20)19-9-5-2-6-10-19/h1-16H/q+1. The Kier molecular flexibility index (Phi) is 4.45. The Morgan fingerprint density at radius 3 is 1.52 bits per heavy atom. The summed E-state index contributed by atoms with van der Waals surface area (Å²) in [5.41, 5.74) is 3.85. The Morgan fingerprint density at radius 2 is 1.07 bits per heavy atom. The van der Waals surface area contributed by atoms with Gasteiger partial charge in [-0.25, -0.2) is 4.42 Å². The van der Waals surface area contributed by atoms with Gasteiger partial charge in [-0.05, 0) is 42.0 Å². The highest BCUT2D eigenvalue weighted by molar-refractivity contribution is 5.74. The molecule has 0 N–H and O–H groups in total. The van der Waals surface area contributed by atoms with Crippen LogP contribution in [0.3, 0.4) is 0 Å². The van der Waals surface area contributed by atoms with Gasteiger partial charge in [0.15, 0.2) is 0 Å². The minimum absolute atomic E-state index is 0.0749. The van der Waals surface area contributed by atoms with Crippen LogP contribution in [-0.2, 0) is 0 Å². The third-order valence-electron chi connectivity index (χ3n) is 4.32. The van der Waals surface area contributed by atoms with Gasteiger partial charge in [-0.2, -0.15) is 0 Å². The number of nitro groups is 1. The largest absolute Gasteiger partial charge is 0.361 e. The maximum Gasteiger partial charge on any atom is 0.361 e. The molecule has 4 heteroatoms. The molecule has 1 heterocycles. The zero-order chi connectivity index (χ0) is 18.6. The first-order valence-corrected chi connectivity index (χ1v) is 8.54. The molecule has 0 atom stereocenters. The van der Waals surface area contributed by atoms with Gasteiger partial charge in [0.25, 0.3) is 5.69 Å². The third kappa shape index (κ3) is 3.60. The molecule has 4 aromatic rings. The Labute approximate surface area is 156 Å². The lowest BCUT2D eigenvalue weighted by atomic mass is 10.0. The summed E-state index contributed by atoms with van der Waals surface area (Å²) >= 11 is 0. The topological polar surface area (TPSA) is 54.4 Å². The van der Waals surface area contributed by atoms with E-state index in [1.807, 2.05) is 72.8 Å². The molecule has 0 saturated carbocycles. The molecule has 0 aliphatic rings. The van der Waals surface area contributed by atoms with Gasteiger partial charge in [-0.15, -0.1) is 0 Å². The van der Waals surface area contributed by atoms with E-state index in [1.54, 1.807) is 12.1 Å². The molecule has 0 aliphatic heterocycles. The molecule has 0 bridgehead atoms. The van der Waals surface area contributed by atoms with Crippen molar-refractivity contribution in [1.29, 1.82) is 0 Å². The molecule has 0 unspecified atom stereocenters. The number of rotatable bonds is 4. The van der Waals surface area contributed by atoms with Crippen LogP contribution in [0, 0.1) is 10.1 Å². The maximum absolute atomic E-state index is 10.9. The van der Waals surface area contributed by atoms with Crippen molar-refractivity contribution in [2.24, 2.45) is 0 Å². The Balaban J connectivity index is 1.86. The summed E-state index contributed by atoms with van der Waals surface area (Å²) in [7, 11) is 0. The van der Waals surface area contributed by atoms with E-state index in [-0.39, 0.29) is 5.69 Å². The van der Waals surface area contributed by atoms with Gasteiger partial charge in [0.2, 0.25) is 0 Å². The normalized spacial score (nSPS) is 10.5. The van der Waals surface area contributed by atoms with E-state index >= 15 is 0 Å². The van der Waals surface area contributed by atoms with E-state index in [0.717, 1.165) is 33.8 Å². The van der Waals surface area contributed by atoms with Crippen LogP contribution in [0.2, 0.25) is 0 Å². The van der Waals surface area contributed by atoms with Gasteiger partial charge in [-0.1, -0.05) is 36.4 Å². The molecule has 27 heavy (non-hydrogen) atoms. The summed E-state index contributed by atoms with van der Waals surface area (Å²) in [5, 5.41) is 10.9. The number of nitrogens with zero attached hydrogens (tertiary/aromatic N) is 1. The molecule has 0 spiro atoms. The summed E-state index contributed by atoms with van der Waals surface area (Å²) in [6, 6.07) is 30.2. The van der Waals surface area contributed by atoms with Crippen LogP contribution in [0.4, 0.5) is 5.69 Å². The quantitative estimate of drug-likeness (QED) is 0.240. The van der Waals surface area contributed by atoms with Gasteiger partial charge in [0.05, 0.1) is 28.2 Å². The van der Waals surface area contributed by atoms with Gasteiger partial charge in [0, 0.05) is 17.7 Å². The fraction of sp³-hybridized carbons (Fsp3) is 0. The van der Waals surface area contributed by atoms with Crippen LogP contribution in [-0.4, -0.2) is 4.92 Å². The number of hydrogen-bond donors (Lipinski definition) is 0. The number of benzene rings is 3. The zero-order valence-electron chi connectivity index (χ0n) is 14.4. The first-order valence-electron chi connectivity index (χ1n) is 8.54. The summed E-state index contributed by atoms with van der Waals surface area (Å²) in [5.74, 6) is 1.48. The van der Waals surface area contributed by atoms with Crippen LogP contribution in [0.25, 0.3) is 33.8 Å². The van der Waals surface area contributed by atoms with Gasteiger partial charge < -0.3 is 0 Å². The van der Waals surface area contributed by atoms with E-state index < -0.39 is 4.92 Å². The SMILES string of the molecule is O=[N+]([O-])c1ccc(-c2cc(-c3ccccc3)[o+]c(-c3ccccc3)c2)cc1. The molecule has 0 amide bonds. The lowest BCUT2D eigenvalue weighted by Gasteiger charge is -2.02. The highest BCUT2D eigenvalue weighted by Gasteiger charge is 2.20. The van der Waals surface area contributed by atoms with E-state index in [9.17, 15) is 10.1 Å². The number of non-ortho nitro benzene ring substituents is 1. The number of nitro benzene ring substituents is 1. The lowest BCUT2D eigenvalue weighted by molar-refractivity contribution is -0.384. The highest BCUT2D eigenvalue weighted by atomic mass is 16.6. The maximum atomic E-state index is 10.9. The molecule has 0 aliphatic carbocycles. The molecule has 4 nitrogen and oxygen atoms in total. The van der Waals surface area contributed by atoms with E-state index in [4.69, 9.17) is 4.42 Å². The van der Waals surface area contributed by atoms with Crippen molar-refractivity contribution in [3.8, 4) is 33.8 Å². The van der Waals surface area contributed by atoms with Crippen molar-refractivity contribution >= 4 is 5.69 Å². The zero-order valence-corrected chi connectivity index (χ0v) is 14.4. The van der Waals surface area contributed by atoms with Crippen molar-refractivity contribution in [3.05, 3.63) is 107 Å². The Morgan fingerprint density at radius 1 is 0.593 bits per heavy atom. The third-order valence-corrected chi connectivity index (χ3v) is 4.32. The van der Waals surface area contributed by atoms with Crippen molar-refractivity contribution in [3.63, 3.8) is 0 Å². The number of hydrogen-bond acceptors (Lipinski definition) is 2. The highest BCUT2D eigenvalue weighted by Crippen LogP contribution is 2.33. The first kappa shape index (κ1) is 16.7. The fourth-order valence-electron chi connectivity index (χ4n) is 2.93. The summed E-state index contributed by atoms with van der Waals surface area (Å²) in [4.78, 5) is 10.5. The average molecular weight is 354 g/mol. The van der Waals surface area contributed by atoms with Crippen LogP contribution in [0.1, 0.15) is 0 Å². The van der Waals surface area contributed by atoms with Crippen molar-refractivity contribution in [1.82, 2.24) is 0 Å². The molecule has 3 aromatic carbocycles. The Hall–Kier alpha value is -3.79. The second kappa shape index (κ2) is 7.22. The molecule has 1 aromatic heterocycles. The van der Waals surface area contributed by atoms with E-state index in [2.05, 4.69) is 0 Å². The summed E-state index contributed by atoms with van der Waals surface area (Å²) in [6.45, 7) is 0. The summed E-state index contributed by atoms with van der Waals surface area (Å²) < 4.78 is 6.17. The molecule has 0 radical (unpaired) electrons. The predicted molar refractivity (Wildman–Crippen MR) is 106 cm³/mol. The smallest absolute Gasteiger partial charge is 0.258 e. The molecule has 0 saturated heterocycles. The molecule has 4 rings (SSSR count). The lowest BCUT2D eigenvalue weighted by Crippen LogP contribution is -1.88. The predicted octanol–water partition coefficient (Wildman–Crippen LogP) is 6.47. The van der Waals surface area contributed by atoms with Gasteiger partial charge >= 0.3 is 11.5 Å². The van der Waals surface area contributed by atoms with Crippen LogP contribution in [0.5, 0.6) is 0 Å². The van der Waals surface area contributed by atoms with E-state index in [0.29, 0.717) is 0 Å². The van der Waals surface area contributed by atoms with Crippen LogP contribution >= 0.6 is 0 Å². The van der Waals surface area contributed by atoms with Crippen LogP contribution in [0.15, 0.2) is 101 Å². The second-order valence-corrected chi connectivity index (χ2v) is 6.11. The van der Waals surface area contributed by atoms with Gasteiger partial charge in [0.1, 0.15) is 0 Å². The summed E-state index contributed by atoms with van der Waals surface area (Å²) in [6.07, 6.45) is 0. The molecular formula is C23H16NO3+. The minimum Gasteiger partial charge on any atom is -0.258 e. The monoisotopic (exact) mass is 354 g/mol. The van der Waals surface area contributed by atoms with Crippen molar-refractivity contribution < 1.29 is 9.34 Å².